The smallest absolute Gasteiger partial charge is 0.423 e. The highest BCUT2D eigenvalue weighted by atomic mass is 16.4. The molecule has 0 aliphatic heterocycles. The van der Waals surface area contributed by atoms with Crippen LogP contribution in [0.5, 0.6) is 0 Å². The van der Waals surface area contributed by atoms with Crippen molar-refractivity contribution in [2.45, 2.75) is 0 Å². The van der Waals surface area contributed by atoms with Gasteiger partial charge >= 0.3 is 7.12 Å². The fourth-order valence-corrected chi connectivity index (χ4v) is 5.18. The first-order chi connectivity index (χ1) is 19.7. The van der Waals surface area contributed by atoms with E-state index in [1.165, 1.54) is 11.1 Å². The summed E-state index contributed by atoms with van der Waals surface area (Å²) >= 11 is 0. The fraction of sp³-hybridized carbons (Fsp3) is 0. The Balaban J connectivity index is 1.44. The highest BCUT2D eigenvalue weighted by Crippen LogP contribution is 2.41. The molecule has 6 aromatic rings. The lowest BCUT2D eigenvalue weighted by atomic mass is 9.75. The van der Waals surface area contributed by atoms with E-state index in [1.54, 1.807) is 6.07 Å². The van der Waals surface area contributed by atoms with Crippen LogP contribution in [-0.2, 0) is 0 Å². The van der Waals surface area contributed by atoms with Crippen LogP contribution in [0.15, 0.2) is 158 Å². The summed E-state index contributed by atoms with van der Waals surface area (Å²) < 4.78 is 0. The van der Waals surface area contributed by atoms with Crippen molar-refractivity contribution in [3.05, 3.63) is 158 Å². The van der Waals surface area contributed by atoms with Gasteiger partial charge in [0, 0.05) is 16.9 Å². The Hall–Kier alpha value is -4.90. The van der Waals surface area contributed by atoms with Crippen LogP contribution in [0, 0.1) is 0 Å². The summed E-state index contributed by atoms with van der Waals surface area (Å²) in [5.74, 6) is 0. The lowest BCUT2D eigenvalue weighted by Crippen LogP contribution is -2.31. The van der Waals surface area contributed by atoms with Crippen molar-refractivity contribution in [3.63, 3.8) is 0 Å². The quantitative estimate of drug-likeness (QED) is 0.212. The van der Waals surface area contributed by atoms with Gasteiger partial charge in [-0.25, -0.2) is 0 Å². The average molecular weight is 517 g/mol. The summed E-state index contributed by atoms with van der Waals surface area (Å²) in [5.41, 5.74) is 9.80. The Morgan fingerprint density at radius 2 is 0.900 bits per heavy atom. The molecule has 0 aromatic heterocycles. The summed E-state index contributed by atoms with van der Waals surface area (Å²) in [6.45, 7) is 0. The van der Waals surface area contributed by atoms with Gasteiger partial charge in [-0.1, -0.05) is 121 Å². The molecule has 0 aliphatic rings. The van der Waals surface area contributed by atoms with Crippen molar-refractivity contribution < 1.29 is 10.0 Å². The first-order valence-electron chi connectivity index (χ1n) is 13.3. The van der Waals surface area contributed by atoms with Gasteiger partial charge in [0.2, 0.25) is 0 Å². The van der Waals surface area contributed by atoms with Crippen LogP contribution in [-0.4, -0.2) is 17.2 Å². The first kappa shape index (κ1) is 25.4. The molecule has 6 aromatic carbocycles. The second-order valence-electron chi connectivity index (χ2n) is 9.64. The molecule has 0 bridgehead atoms. The minimum absolute atomic E-state index is 0.469. The van der Waals surface area contributed by atoms with E-state index in [0.29, 0.717) is 5.46 Å². The normalized spacial score (nSPS) is 10.8. The fourth-order valence-electron chi connectivity index (χ4n) is 5.18. The van der Waals surface area contributed by atoms with E-state index < -0.39 is 7.12 Å². The van der Waals surface area contributed by atoms with E-state index in [2.05, 4.69) is 95.9 Å². The van der Waals surface area contributed by atoms with Gasteiger partial charge < -0.3 is 14.9 Å². The molecule has 0 heterocycles. The lowest BCUT2D eigenvalue weighted by molar-refractivity contribution is 0.426. The van der Waals surface area contributed by atoms with Gasteiger partial charge in [0.05, 0.1) is 5.69 Å². The Morgan fingerprint density at radius 3 is 1.57 bits per heavy atom. The van der Waals surface area contributed by atoms with Crippen LogP contribution in [0.2, 0.25) is 0 Å². The zero-order chi connectivity index (χ0) is 27.3. The highest BCUT2D eigenvalue weighted by Gasteiger charge is 2.21. The number of hydrogen-bond acceptors (Lipinski definition) is 3. The van der Waals surface area contributed by atoms with Crippen molar-refractivity contribution in [1.82, 2.24) is 0 Å². The van der Waals surface area contributed by atoms with Crippen molar-refractivity contribution in [3.8, 4) is 33.4 Å². The number of anilines is 3. The summed E-state index contributed by atoms with van der Waals surface area (Å²) in [6, 6.07) is 53.4. The summed E-state index contributed by atoms with van der Waals surface area (Å²) in [4.78, 5) is 2.21. The molecule has 0 radical (unpaired) electrons. The average Bonchev–Trinajstić information content (AvgIpc) is 3.03. The minimum atomic E-state index is -1.57. The molecule has 0 amide bonds. The molecule has 0 aliphatic carbocycles. The Labute approximate surface area is 235 Å². The van der Waals surface area contributed by atoms with E-state index in [4.69, 9.17) is 0 Å². The van der Waals surface area contributed by atoms with Crippen LogP contribution in [0.4, 0.5) is 17.1 Å². The Morgan fingerprint density at radius 1 is 0.400 bits per heavy atom. The number of para-hydroxylation sites is 2. The first-order valence-corrected chi connectivity index (χ1v) is 13.3. The largest absolute Gasteiger partial charge is 0.489 e. The zero-order valence-corrected chi connectivity index (χ0v) is 21.9. The Kier molecular flexibility index (Phi) is 7.27. The van der Waals surface area contributed by atoms with Gasteiger partial charge in [0.15, 0.2) is 0 Å². The van der Waals surface area contributed by atoms with Gasteiger partial charge in [-0.05, 0) is 69.7 Å². The molecule has 40 heavy (non-hydrogen) atoms. The van der Waals surface area contributed by atoms with Crippen molar-refractivity contribution in [2.24, 2.45) is 0 Å². The maximum absolute atomic E-state index is 10.1. The second kappa shape index (κ2) is 11.5. The third-order valence-electron chi connectivity index (χ3n) is 7.12. The van der Waals surface area contributed by atoms with Crippen LogP contribution in [0.3, 0.4) is 0 Å². The molecule has 3 nitrogen and oxygen atoms in total. The van der Waals surface area contributed by atoms with Gasteiger partial charge in [-0.15, -0.1) is 0 Å². The summed E-state index contributed by atoms with van der Waals surface area (Å²) in [5, 5.41) is 20.2. The van der Waals surface area contributed by atoms with Crippen LogP contribution >= 0.6 is 0 Å². The van der Waals surface area contributed by atoms with E-state index in [1.807, 2.05) is 60.7 Å². The number of rotatable bonds is 7. The van der Waals surface area contributed by atoms with E-state index in [9.17, 15) is 10.0 Å². The standard InChI is InChI=1S/C36H28BNO2/c39-37(40)35-20-9-7-18-33(35)34-19-8-10-21-36(34)38(31-16-5-2-6-17-31)32-24-22-28(23-25-32)30-15-11-14-29(26-30)27-12-3-1-4-13-27/h1-26,39-40H. The highest BCUT2D eigenvalue weighted by molar-refractivity contribution is 6.60. The predicted molar refractivity (Wildman–Crippen MR) is 167 cm³/mol. The van der Waals surface area contributed by atoms with Crippen LogP contribution < -0.4 is 10.4 Å². The Bertz CT molecular complexity index is 1720. The summed E-state index contributed by atoms with van der Waals surface area (Å²) in [7, 11) is -1.57. The number of benzene rings is 6. The summed E-state index contributed by atoms with van der Waals surface area (Å²) in [6.07, 6.45) is 0. The third kappa shape index (κ3) is 5.19. The van der Waals surface area contributed by atoms with Gasteiger partial charge in [-0.2, -0.15) is 0 Å². The van der Waals surface area contributed by atoms with Gasteiger partial charge in [0.1, 0.15) is 0 Å². The SMILES string of the molecule is OB(O)c1ccccc1-c1ccccc1N(c1ccccc1)c1ccc(-c2cccc(-c3ccccc3)c2)cc1. The third-order valence-corrected chi connectivity index (χ3v) is 7.12. The van der Waals surface area contributed by atoms with Crippen LogP contribution in [0.1, 0.15) is 0 Å². The van der Waals surface area contributed by atoms with Gasteiger partial charge in [-0.3, -0.25) is 0 Å². The van der Waals surface area contributed by atoms with Gasteiger partial charge in [0.25, 0.3) is 0 Å². The molecule has 0 atom stereocenters. The maximum Gasteiger partial charge on any atom is 0.489 e. The number of nitrogens with zero attached hydrogens (tertiary/aromatic N) is 1. The van der Waals surface area contributed by atoms with Crippen LogP contribution in [0.25, 0.3) is 33.4 Å². The van der Waals surface area contributed by atoms with Crippen molar-refractivity contribution in [1.29, 1.82) is 0 Å². The van der Waals surface area contributed by atoms with Crippen molar-refractivity contribution in [2.75, 3.05) is 4.90 Å². The molecule has 192 valence electrons. The zero-order valence-electron chi connectivity index (χ0n) is 21.9. The minimum Gasteiger partial charge on any atom is -0.423 e. The molecule has 2 N–H and O–H groups in total. The van der Waals surface area contributed by atoms with E-state index in [0.717, 1.165) is 39.3 Å². The molecule has 0 fully saturated rings. The molecule has 6 rings (SSSR count). The maximum atomic E-state index is 10.1. The molecule has 4 heteroatoms. The molecule has 0 saturated carbocycles. The lowest BCUT2D eigenvalue weighted by Gasteiger charge is -2.28. The molecule has 0 spiro atoms. The van der Waals surface area contributed by atoms with E-state index >= 15 is 0 Å². The number of hydrogen-bond donors (Lipinski definition) is 2. The van der Waals surface area contributed by atoms with E-state index in [-0.39, 0.29) is 0 Å². The monoisotopic (exact) mass is 517 g/mol. The molecular formula is C36H28BNO2. The molecule has 0 unspecified atom stereocenters. The second-order valence-corrected chi connectivity index (χ2v) is 9.64. The molecular weight excluding hydrogens is 489 g/mol. The molecule has 0 saturated heterocycles. The predicted octanol–water partition coefficient (Wildman–Crippen LogP) is 7.84. The van der Waals surface area contributed by atoms with Crippen molar-refractivity contribution >= 4 is 29.6 Å². The topological polar surface area (TPSA) is 43.7 Å².